The maximum atomic E-state index is 15.7. The van der Waals surface area contributed by atoms with E-state index >= 15 is 4.79 Å². The lowest BCUT2D eigenvalue weighted by Crippen LogP contribution is -2.75. The van der Waals surface area contributed by atoms with Gasteiger partial charge in [0.15, 0.2) is 10.8 Å². The first-order chi connectivity index (χ1) is 40.7. The molecule has 12 nitrogen and oxygen atoms in total. The summed E-state index contributed by atoms with van der Waals surface area (Å²) in [4.78, 5) is 59.5. The Morgan fingerprint density at radius 2 is 1.12 bits per heavy atom. The van der Waals surface area contributed by atoms with Crippen LogP contribution in [0.5, 0.6) is 0 Å². The van der Waals surface area contributed by atoms with Gasteiger partial charge in [0, 0.05) is 44.7 Å². The van der Waals surface area contributed by atoms with Gasteiger partial charge in [0.1, 0.15) is 33.8 Å². The number of β-lactam (4-membered cyclic amide) rings is 1. The van der Waals surface area contributed by atoms with Gasteiger partial charge in [-0.25, -0.2) is 4.98 Å². The van der Waals surface area contributed by atoms with E-state index < -0.39 is 56.9 Å². The molecular formula is C68H55N7O5S3. The molecule has 3 unspecified atom stereocenters. The zero-order valence-electron chi connectivity index (χ0n) is 44.9. The normalized spacial score (nSPS) is 18.0. The largest absolute Gasteiger partial charge is 0.481 e. The van der Waals surface area contributed by atoms with Crippen LogP contribution in [0.1, 0.15) is 66.7 Å². The summed E-state index contributed by atoms with van der Waals surface area (Å²) in [5, 5.41) is 28.6. The Balaban J connectivity index is 0.975. The van der Waals surface area contributed by atoms with Gasteiger partial charge in [0.25, 0.3) is 5.91 Å². The summed E-state index contributed by atoms with van der Waals surface area (Å²) in [6, 6.07) is 78.2. The Kier molecular flexibility index (Phi) is 15.5. The third-order valence-electron chi connectivity index (χ3n) is 15.6. The molecule has 410 valence electrons. The number of aliphatic carboxylic acids is 1. The predicted octanol–water partition coefficient (Wildman–Crippen LogP) is 12.8. The highest BCUT2D eigenvalue weighted by molar-refractivity contribution is 8.00. The van der Waals surface area contributed by atoms with Crippen molar-refractivity contribution in [2.75, 3.05) is 11.9 Å². The first-order valence-corrected chi connectivity index (χ1v) is 29.7. The highest BCUT2D eigenvalue weighted by Crippen LogP contribution is 2.55. The van der Waals surface area contributed by atoms with Gasteiger partial charge in [-0.15, -0.1) is 28.2 Å². The third kappa shape index (κ3) is 10.3. The van der Waals surface area contributed by atoms with Gasteiger partial charge in [-0.2, -0.15) is 0 Å². The number of nitrogens with one attached hydrogen (secondary N) is 2. The van der Waals surface area contributed by atoms with Crippen LogP contribution in [0.25, 0.3) is 6.08 Å². The number of carbonyl (C=O) groups excluding carboxylic acids is 2. The molecule has 2 aliphatic heterocycles. The van der Waals surface area contributed by atoms with Crippen molar-refractivity contribution in [2.45, 2.75) is 40.6 Å². The molecule has 0 spiro atoms. The number of benzene rings is 8. The van der Waals surface area contributed by atoms with Gasteiger partial charge in [0.05, 0.1) is 0 Å². The first kappa shape index (κ1) is 54.3. The van der Waals surface area contributed by atoms with E-state index in [9.17, 15) is 14.7 Å². The van der Waals surface area contributed by atoms with Crippen LogP contribution in [-0.2, 0) is 30.4 Å². The van der Waals surface area contributed by atoms with E-state index in [1.165, 1.54) is 34.6 Å². The summed E-state index contributed by atoms with van der Waals surface area (Å²) in [5.74, 6) is -2.74. The molecule has 15 heteroatoms. The average molecular weight is 1150 g/mol. The fraction of sp³-hybridized carbons (Fsp3) is 0.132. The average Bonchev–Trinajstić information content (AvgIpc) is 3.90. The van der Waals surface area contributed by atoms with Crippen molar-refractivity contribution in [2.24, 2.45) is 10.6 Å². The van der Waals surface area contributed by atoms with E-state index in [2.05, 4.69) is 56.6 Å². The molecule has 4 heterocycles. The van der Waals surface area contributed by atoms with Crippen LogP contribution in [0.4, 0.5) is 5.13 Å². The van der Waals surface area contributed by atoms with E-state index in [-0.39, 0.29) is 18.0 Å². The van der Waals surface area contributed by atoms with Gasteiger partial charge in [-0.1, -0.05) is 258 Å². The number of aryl methyl sites for hydroxylation is 1. The number of hydrogen-bond acceptors (Lipinski definition) is 12. The minimum atomic E-state index is -1.63. The van der Waals surface area contributed by atoms with Crippen LogP contribution in [0.15, 0.2) is 259 Å². The van der Waals surface area contributed by atoms with Gasteiger partial charge in [0.2, 0.25) is 11.5 Å². The summed E-state index contributed by atoms with van der Waals surface area (Å²) >= 11 is 3.89. The zero-order valence-corrected chi connectivity index (χ0v) is 47.3. The van der Waals surface area contributed by atoms with Crippen molar-refractivity contribution >= 4 is 69.3 Å². The second-order valence-corrected chi connectivity index (χ2v) is 23.5. The van der Waals surface area contributed by atoms with Crippen molar-refractivity contribution in [1.82, 2.24) is 24.8 Å². The number of nitrogens with zero attached hydrogens (tertiary/aromatic N) is 5. The number of amides is 2. The molecule has 0 aliphatic carbocycles. The van der Waals surface area contributed by atoms with E-state index in [4.69, 9.17) is 15.0 Å². The topological polar surface area (TPSA) is 159 Å². The number of thioether (sulfide) groups is 1. The zero-order chi connectivity index (χ0) is 56.8. The third-order valence-corrected chi connectivity index (χ3v) is 18.8. The lowest BCUT2D eigenvalue weighted by molar-refractivity contribution is -0.157. The number of fused-ring (bicyclic) bond motifs is 1. The van der Waals surface area contributed by atoms with Crippen LogP contribution in [0, 0.1) is 12.3 Å². The highest BCUT2D eigenvalue weighted by Gasteiger charge is 2.62. The van der Waals surface area contributed by atoms with Crippen LogP contribution in [0.2, 0.25) is 0 Å². The number of carbonyl (C=O) groups is 3. The first-order valence-electron chi connectivity index (χ1n) is 27.1. The summed E-state index contributed by atoms with van der Waals surface area (Å²) < 4.78 is 4.11. The molecule has 10 aromatic rings. The smallest absolute Gasteiger partial charge is 0.316 e. The van der Waals surface area contributed by atoms with Crippen LogP contribution >= 0.6 is 34.6 Å². The minimum absolute atomic E-state index is 0.177. The summed E-state index contributed by atoms with van der Waals surface area (Å²) in [6.07, 6.45) is 3.39. The van der Waals surface area contributed by atoms with E-state index in [1.807, 2.05) is 213 Å². The number of aromatic nitrogens is 3. The number of anilines is 1. The minimum Gasteiger partial charge on any atom is -0.481 e. The van der Waals surface area contributed by atoms with Crippen molar-refractivity contribution < 1.29 is 24.3 Å². The number of thiazole rings is 1. The van der Waals surface area contributed by atoms with E-state index in [1.54, 1.807) is 22.4 Å². The molecule has 2 aliphatic rings. The summed E-state index contributed by atoms with van der Waals surface area (Å²) in [6.45, 7) is 1.71. The monoisotopic (exact) mass is 1150 g/mol. The molecule has 83 heavy (non-hydrogen) atoms. The molecular weight excluding hydrogens is 1090 g/mol. The van der Waals surface area contributed by atoms with Gasteiger partial charge >= 0.3 is 5.97 Å². The molecule has 0 saturated carbocycles. The Hall–Kier alpha value is -9.28. The fourth-order valence-electron chi connectivity index (χ4n) is 11.5. The predicted molar refractivity (Wildman–Crippen MR) is 329 cm³/mol. The molecule has 2 saturated heterocycles. The highest BCUT2D eigenvalue weighted by atomic mass is 32.2. The Morgan fingerprint density at radius 1 is 0.675 bits per heavy atom. The van der Waals surface area contributed by atoms with Crippen LogP contribution < -0.4 is 10.6 Å². The molecule has 3 N–H and O–H groups in total. The molecule has 2 fully saturated rings. The number of oxime groups is 1. The molecule has 12 rings (SSSR count). The second-order valence-electron chi connectivity index (χ2n) is 20.4. The molecule has 2 aromatic heterocycles. The van der Waals surface area contributed by atoms with Gasteiger partial charge in [-0.3, -0.25) is 14.4 Å². The Bertz CT molecular complexity index is 3680. The maximum Gasteiger partial charge on any atom is 0.316 e. The molecule has 0 bridgehead atoms. The Labute approximate surface area is 493 Å². The SMILES string of the molecule is Cc1snnc1C=CC1(C(=O)O)CN2C(=O)C(NC(=O)C(=NOC(c3ccccc3)(c3ccccc3)c3ccccc3)c3csc(NC(c4ccccc4)(c4ccccc4)c4ccccc4)n3)[C@H]2SC1C(c1ccccc1)c1ccccc1. The lowest BCUT2D eigenvalue weighted by Gasteiger charge is -2.57. The summed E-state index contributed by atoms with van der Waals surface area (Å²) in [5.41, 5.74) is 3.48. The fourth-order valence-corrected chi connectivity index (χ4v) is 14.6. The van der Waals surface area contributed by atoms with Crippen LogP contribution in [0.3, 0.4) is 0 Å². The van der Waals surface area contributed by atoms with Crippen molar-refractivity contribution in [1.29, 1.82) is 0 Å². The van der Waals surface area contributed by atoms with Crippen molar-refractivity contribution in [3.05, 3.63) is 315 Å². The lowest BCUT2D eigenvalue weighted by atomic mass is 9.72. The number of rotatable bonds is 19. The summed E-state index contributed by atoms with van der Waals surface area (Å²) in [7, 11) is 0. The van der Waals surface area contributed by atoms with Crippen molar-refractivity contribution in [3.8, 4) is 0 Å². The standard InChI is InChI=1S/C68H55N7O5S3/c1-46-55(72-74-83-46)42-43-66(64(78)79)45-75-62(77)59(63(75)82-60(66)57(47-26-10-2-11-27-47)48-28-12-3-13-29-48)70-61(76)58(73-80-68(52-36-20-7-21-37-52,53-38-22-8-23-39-53)54-40-24-9-25-41-54)56-44-81-65(69-56)71-67(49-30-14-4-15-31-49,50-32-16-5-17-33-50)51-34-18-6-19-35-51/h2-44,57,59-60,63H,45H2,1H3,(H,69,71)(H,70,76)(H,78,79)/t59?,60?,63-,66?/m1/s1. The quantitative estimate of drug-likeness (QED) is 0.0308. The number of hydrogen-bond donors (Lipinski definition) is 3. The Morgan fingerprint density at radius 3 is 1.55 bits per heavy atom. The second kappa shape index (κ2) is 23.7. The van der Waals surface area contributed by atoms with Crippen LogP contribution in [-0.4, -0.2) is 71.3 Å². The van der Waals surface area contributed by atoms with E-state index in [0.29, 0.717) is 10.8 Å². The van der Waals surface area contributed by atoms with Crippen molar-refractivity contribution in [3.63, 3.8) is 0 Å². The molecule has 4 atom stereocenters. The molecule has 8 aromatic carbocycles. The number of carboxylic acid groups (broad SMARTS) is 1. The molecule has 0 radical (unpaired) electrons. The maximum absolute atomic E-state index is 15.7. The van der Waals surface area contributed by atoms with Gasteiger partial charge in [-0.05, 0) is 52.3 Å². The number of carboxylic acids is 1. The van der Waals surface area contributed by atoms with E-state index in [0.717, 1.165) is 49.4 Å². The molecule has 2 amide bonds. The van der Waals surface area contributed by atoms with Gasteiger partial charge < -0.3 is 25.5 Å².